The Hall–Kier alpha value is -4.19. The number of phenolic OH excluding ortho intramolecular Hbond substituents is 1. The van der Waals surface area contributed by atoms with E-state index >= 15 is 0 Å². The first-order chi connectivity index (χ1) is 15.9. The van der Waals surface area contributed by atoms with Gasteiger partial charge in [-0.1, -0.05) is 29.5 Å². The fourth-order valence-electron chi connectivity index (χ4n) is 2.85. The number of amides is 1. The summed E-state index contributed by atoms with van der Waals surface area (Å²) in [6.45, 7) is 0. The number of nitrogens with one attached hydrogen (secondary N) is 1. The highest BCUT2D eigenvalue weighted by Crippen LogP contribution is 2.32. The largest absolute Gasteiger partial charge is 0.506 e. The van der Waals surface area contributed by atoms with Crippen molar-refractivity contribution in [3.63, 3.8) is 0 Å². The molecule has 0 saturated carbocycles. The number of benzene rings is 3. The molecule has 0 heterocycles. The molecule has 0 unspecified atom stereocenters. The molecule has 1 amide bonds. The van der Waals surface area contributed by atoms with E-state index in [4.69, 9.17) is 31.7 Å². The topological polar surface area (TPSA) is 120 Å². The second kappa shape index (κ2) is 10.4. The van der Waals surface area contributed by atoms with Gasteiger partial charge in [-0.05, 0) is 48.5 Å². The number of carbonyl (C=O) groups is 2. The van der Waals surface area contributed by atoms with E-state index in [2.05, 4.69) is 17.3 Å². The minimum absolute atomic E-state index is 0.0407. The standard InChI is InChI=1S/C24H19ClN2O6/c1-31-21-13-17(23(29)27-26)11-15(22(21)32-2)7-6-14-4-3-5-18(10-14)33-24(30)16-8-9-20(28)19(25)12-16/h3-5,8-13,28H,26H2,1-2H3,(H,27,29). The van der Waals surface area contributed by atoms with Crippen LogP contribution in [0.25, 0.3) is 0 Å². The number of hydrogen-bond acceptors (Lipinski definition) is 7. The van der Waals surface area contributed by atoms with Crippen LogP contribution in [0.4, 0.5) is 0 Å². The van der Waals surface area contributed by atoms with E-state index in [1.165, 1.54) is 44.6 Å². The molecule has 3 rings (SSSR count). The Balaban J connectivity index is 1.90. The molecule has 3 aromatic rings. The molecule has 33 heavy (non-hydrogen) atoms. The van der Waals surface area contributed by atoms with Crippen LogP contribution in [-0.2, 0) is 0 Å². The summed E-state index contributed by atoms with van der Waals surface area (Å²) in [5.74, 6) is 10.8. The third-order valence-electron chi connectivity index (χ3n) is 4.44. The Bertz CT molecular complexity index is 1280. The smallest absolute Gasteiger partial charge is 0.343 e. The van der Waals surface area contributed by atoms with Gasteiger partial charge in [-0.25, -0.2) is 10.6 Å². The van der Waals surface area contributed by atoms with Gasteiger partial charge in [0.2, 0.25) is 0 Å². The first-order valence-corrected chi connectivity index (χ1v) is 9.83. The van der Waals surface area contributed by atoms with Gasteiger partial charge in [0.05, 0.1) is 30.4 Å². The monoisotopic (exact) mass is 466 g/mol. The van der Waals surface area contributed by atoms with Crippen LogP contribution in [0.3, 0.4) is 0 Å². The average molecular weight is 467 g/mol. The van der Waals surface area contributed by atoms with E-state index in [0.717, 1.165) is 0 Å². The van der Waals surface area contributed by atoms with Crippen molar-refractivity contribution in [1.82, 2.24) is 5.43 Å². The zero-order valence-corrected chi connectivity index (χ0v) is 18.4. The first-order valence-electron chi connectivity index (χ1n) is 9.46. The highest BCUT2D eigenvalue weighted by atomic mass is 35.5. The lowest BCUT2D eigenvalue weighted by Gasteiger charge is -2.11. The summed E-state index contributed by atoms with van der Waals surface area (Å²) in [6, 6.07) is 13.6. The maximum atomic E-state index is 12.4. The Kier molecular flexibility index (Phi) is 7.41. The van der Waals surface area contributed by atoms with Crippen molar-refractivity contribution in [2.24, 2.45) is 5.84 Å². The molecule has 0 aliphatic heterocycles. The van der Waals surface area contributed by atoms with E-state index in [1.807, 2.05) is 0 Å². The molecule has 0 aliphatic rings. The van der Waals surface area contributed by atoms with Gasteiger partial charge >= 0.3 is 5.97 Å². The van der Waals surface area contributed by atoms with Crippen LogP contribution in [0.15, 0.2) is 54.6 Å². The highest BCUT2D eigenvalue weighted by Gasteiger charge is 2.15. The molecule has 0 aliphatic carbocycles. The molecule has 0 saturated heterocycles. The molecule has 0 fully saturated rings. The summed E-state index contributed by atoms with van der Waals surface area (Å²) in [4.78, 5) is 24.3. The Morgan fingerprint density at radius 3 is 2.45 bits per heavy atom. The predicted molar refractivity (Wildman–Crippen MR) is 122 cm³/mol. The number of aromatic hydroxyl groups is 1. The average Bonchev–Trinajstić information content (AvgIpc) is 2.83. The summed E-state index contributed by atoms with van der Waals surface area (Å²) < 4.78 is 16.0. The number of carbonyl (C=O) groups excluding carboxylic acids is 2. The number of halogens is 1. The quantitative estimate of drug-likeness (QED) is 0.132. The molecule has 0 bridgehead atoms. The number of ether oxygens (including phenoxy) is 3. The molecular formula is C24H19ClN2O6. The summed E-state index contributed by atoms with van der Waals surface area (Å²) in [7, 11) is 2.90. The zero-order chi connectivity index (χ0) is 24.0. The fourth-order valence-corrected chi connectivity index (χ4v) is 3.03. The highest BCUT2D eigenvalue weighted by molar-refractivity contribution is 6.32. The van der Waals surface area contributed by atoms with Gasteiger partial charge in [-0.2, -0.15) is 0 Å². The second-order valence-corrected chi connectivity index (χ2v) is 6.97. The molecule has 8 nitrogen and oxygen atoms in total. The Morgan fingerprint density at radius 1 is 1.00 bits per heavy atom. The van der Waals surface area contributed by atoms with E-state index < -0.39 is 11.9 Å². The van der Waals surface area contributed by atoms with Crippen LogP contribution >= 0.6 is 11.6 Å². The van der Waals surface area contributed by atoms with Crippen molar-refractivity contribution in [1.29, 1.82) is 0 Å². The Labute approximate surface area is 194 Å². The third-order valence-corrected chi connectivity index (χ3v) is 4.74. The molecule has 0 spiro atoms. The van der Waals surface area contributed by atoms with Crippen LogP contribution in [0.5, 0.6) is 23.0 Å². The van der Waals surface area contributed by atoms with E-state index in [1.54, 1.807) is 24.3 Å². The van der Waals surface area contributed by atoms with E-state index in [-0.39, 0.29) is 27.6 Å². The summed E-state index contributed by atoms with van der Waals surface area (Å²) in [6.07, 6.45) is 0. The molecule has 3 aromatic carbocycles. The number of rotatable bonds is 5. The van der Waals surface area contributed by atoms with Gasteiger partial charge in [0.1, 0.15) is 11.5 Å². The minimum Gasteiger partial charge on any atom is -0.506 e. The van der Waals surface area contributed by atoms with Gasteiger partial charge in [-0.3, -0.25) is 10.2 Å². The number of esters is 1. The van der Waals surface area contributed by atoms with Crippen molar-refractivity contribution >= 4 is 23.5 Å². The number of hydrazine groups is 1. The predicted octanol–water partition coefficient (Wildman–Crippen LogP) is 3.29. The SMILES string of the molecule is COc1cc(C(=O)NN)cc(C#Cc2cccc(OC(=O)c3ccc(O)c(Cl)c3)c2)c1OC. The molecule has 0 radical (unpaired) electrons. The number of hydrogen-bond donors (Lipinski definition) is 3. The zero-order valence-electron chi connectivity index (χ0n) is 17.6. The van der Waals surface area contributed by atoms with Crippen LogP contribution in [-0.4, -0.2) is 31.2 Å². The van der Waals surface area contributed by atoms with Gasteiger partial charge < -0.3 is 19.3 Å². The maximum Gasteiger partial charge on any atom is 0.343 e. The third kappa shape index (κ3) is 5.54. The van der Waals surface area contributed by atoms with Crippen LogP contribution in [0.2, 0.25) is 5.02 Å². The second-order valence-electron chi connectivity index (χ2n) is 6.57. The molecule has 0 atom stereocenters. The van der Waals surface area contributed by atoms with Crippen molar-refractivity contribution in [3.8, 4) is 34.8 Å². The first kappa shape index (κ1) is 23.5. The number of nitrogen functional groups attached to an aromatic ring is 1. The van der Waals surface area contributed by atoms with Crippen molar-refractivity contribution in [2.45, 2.75) is 0 Å². The van der Waals surface area contributed by atoms with Crippen molar-refractivity contribution < 1.29 is 28.9 Å². The summed E-state index contributed by atoms with van der Waals surface area (Å²) in [5, 5.41) is 9.53. The maximum absolute atomic E-state index is 12.4. The van der Waals surface area contributed by atoms with Gasteiger partial charge in [0.15, 0.2) is 11.5 Å². The van der Waals surface area contributed by atoms with Gasteiger partial charge in [0.25, 0.3) is 5.91 Å². The lowest BCUT2D eigenvalue weighted by Crippen LogP contribution is -2.30. The number of nitrogens with two attached hydrogens (primary N) is 1. The normalized spacial score (nSPS) is 9.94. The molecule has 4 N–H and O–H groups in total. The summed E-state index contributed by atoms with van der Waals surface area (Å²) >= 11 is 5.84. The summed E-state index contributed by atoms with van der Waals surface area (Å²) in [5.41, 5.74) is 3.43. The molecular weight excluding hydrogens is 448 g/mol. The van der Waals surface area contributed by atoms with Crippen LogP contribution in [0.1, 0.15) is 31.8 Å². The fraction of sp³-hybridized carbons (Fsp3) is 0.0833. The van der Waals surface area contributed by atoms with Crippen LogP contribution in [0, 0.1) is 11.8 Å². The van der Waals surface area contributed by atoms with Crippen molar-refractivity contribution in [2.75, 3.05) is 14.2 Å². The molecule has 9 heteroatoms. The van der Waals surface area contributed by atoms with E-state index in [0.29, 0.717) is 22.6 Å². The number of methoxy groups -OCH3 is 2. The van der Waals surface area contributed by atoms with Crippen molar-refractivity contribution in [3.05, 3.63) is 81.9 Å². The lowest BCUT2D eigenvalue weighted by molar-refractivity contribution is 0.0734. The lowest BCUT2D eigenvalue weighted by atomic mass is 10.1. The van der Waals surface area contributed by atoms with E-state index in [9.17, 15) is 14.7 Å². The minimum atomic E-state index is -0.645. The van der Waals surface area contributed by atoms with Crippen LogP contribution < -0.4 is 25.5 Å². The molecule has 168 valence electrons. The van der Waals surface area contributed by atoms with Gasteiger partial charge in [0, 0.05) is 11.1 Å². The Morgan fingerprint density at radius 2 is 1.79 bits per heavy atom. The number of phenols is 1. The molecule has 0 aromatic heterocycles. The van der Waals surface area contributed by atoms with Gasteiger partial charge in [-0.15, -0.1) is 0 Å².